The van der Waals surface area contributed by atoms with Crippen LogP contribution in [0.3, 0.4) is 0 Å². The van der Waals surface area contributed by atoms with Gasteiger partial charge >= 0.3 is 0 Å². The first-order valence-electron chi connectivity index (χ1n) is 11.7. The Morgan fingerprint density at radius 1 is 1.18 bits per heavy atom. The van der Waals surface area contributed by atoms with E-state index in [0.29, 0.717) is 35.5 Å². The number of carbonyl (C=O) groups excluding carboxylic acids is 1. The zero-order chi connectivity index (χ0) is 26.7. The van der Waals surface area contributed by atoms with Gasteiger partial charge in [0.1, 0.15) is 17.5 Å². The number of thiazole rings is 1. The van der Waals surface area contributed by atoms with E-state index in [1.807, 2.05) is 13.0 Å². The van der Waals surface area contributed by atoms with Crippen LogP contribution in [0.2, 0.25) is 5.02 Å². The van der Waals surface area contributed by atoms with Gasteiger partial charge in [-0.15, -0.1) is 0 Å². The van der Waals surface area contributed by atoms with E-state index in [0.717, 1.165) is 11.3 Å². The van der Waals surface area contributed by atoms with E-state index < -0.39 is 23.6 Å². The van der Waals surface area contributed by atoms with Crippen LogP contribution in [0.4, 0.5) is 19.7 Å². The molecular formula is C26H20ClF2N7OS. The van der Waals surface area contributed by atoms with Crippen molar-refractivity contribution in [2.24, 2.45) is 0 Å². The van der Waals surface area contributed by atoms with Crippen molar-refractivity contribution in [2.45, 2.75) is 19.4 Å². The molecule has 3 aromatic heterocycles. The molecule has 4 heterocycles. The molecule has 0 unspecified atom stereocenters. The maximum atomic E-state index is 16.6. The van der Waals surface area contributed by atoms with Gasteiger partial charge in [-0.1, -0.05) is 29.0 Å². The Bertz CT molecular complexity index is 1740. The van der Waals surface area contributed by atoms with Gasteiger partial charge in [-0.25, -0.2) is 18.7 Å². The van der Waals surface area contributed by atoms with E-state index in [9.17, 15) is 9.18 Å². The molecule has 192 valence electrons. The van der Waals surface area contributed by atoms with Crippen LogP contribution in [0, 0.1) is 11.6 Å². The number of nitrogens with two attached hydrogens (primary N) is 2. The third-order valence-electron chi connectivity index (χ3n) is 6.91. The highest BCUT2D eigenvalue weighted by Crippen LogP contribution is 2.47. The smallest absolute Gasteiger partial charge is 0.255 e. The Morgan fingerprint density at radius 3 is 2.74 bits per heavy atom. The van der Waals surface area contributed by atoms with Crippen LogP contribution in [0.1, 0.15) is 34.5 Å². The van der Waals surface area contributed by atoms with E-state index in [-0.39, 0.29) is 42.6 Å². The normalized spacial score (nSPS) is 14.2. The van der Waals surface area contributed by atoms with Gasteiger partial charge in [-0.3, -0.25) is 9.89 Å². The molecule has 1 amide bonds. The summed E-state index contributed by atoms with van der Waals surface area (Å²) in [6.45, 7) is 2.17. The Kier molecular flexibility index (Phi) is 5.77. The highest BCUT2D eigenvalue weighted by Gasteiger charge is 2.37. The molecule has 5 aromatic rings. The molecule has 5 N–H and O–H groups in total. The molecule has 0 saturated carbocycles. The number of aromatic nitrogens is 4. The van der Waals surface area contributed by atoms with E-state index >= 15 is 4.39 Å². The first kappa shape index (κ1) is 24.3. The molecule has 12 heteroatoms. The minimum absolute atomic E-state index is 0.0303. The monoisotopic (exact) mass is 551 g/mol. The number of aromatic amines is 1. The van der Waals surface area contributed by atoms with Crippen LogP contribution < -0.4 is 11.5 Å². The standard InChI is InChI=1S/C26H20ClF2N7OS/c1-11(13-3-2-7-32-24(13)30)36-8-6-14-18(25(36)37)17(12-9-33-34-10-12)21(29)19(20(14)27)15-4-5-16(28)23-22(15)35-26(31)38-23/h2-5,7,9-11H,6,8H2,1H3,(H2,30,32)(H2,31,35)(H,33,34)/t11-/m1/s1. The largest absolute Gasteiger partial charge is 0.383 e. The van der Waals surface area contributed by atoms with Crippen molar-refractivity contribution >= 4 is 50.0 Å². The van der Waals surface area contributed by atoms with Crippen molar-refractivity contribution in [3.63, 3.8) is 0 Å². The lowest BCUT2D eigenvalue weighted by Gasteiger charge is -2.36. The molecule has 0 spiro atoms. The number of nitrogens with zero attached hydrogens (tertiary/aromatic N) is 4. The number of nitrogen functional groups attached to an aromatic ring is 2. The number of halogens is 3. The zero-order valence-electron chi connectivity index (χ0n) is 19.9. The summed E-state index contributed by atoms with van der Waals surface area (Å²) >= 11 is 7.84. The quantitative estimate of drug-likeness (QED) is 0.267. The van der Waals surface area contributed by atoms with Gasteiger partial charge in [0.25, 0.3) is 5.91 Å². The minimum atomic E-state index is -0.738. The van der Waals surface area contributed by atoms with E-state index in [4.69, 9.17) is 23.1 Å². The molecule has 8 nitrogen and oxygen atoms in total. The molecule has 1 aliphatic rings. The van der Waals surface area contributed by atoms with Crippen LogP contribution in [0.5, 0.6) is 0 Å². The lowest BCUT2D eigenvalue weighted by Crippen LogP contribution is -2.40. The molecule has 38 heavy (non-hydrogen) atoms. The van der Waals surface area contributed by atoms with Crippen molar-refractivity contribution in [1.29, 1.82) is 0 Å². The predicted octanol–water partition coefficient (Wildman–Crippen LogP) is 5.60. The average molecular weight is 552 g/mol. The number of carbonyl (C=O) groups is 1. The van der Waals surface area contributed by atoms with E-state index in [1.165, 1.54) is 24.5 Å². The molecular weight excluding hydrogens is 532 g/mol. The Labute approximate surface area is 224 Å². The number of amides is 1. The van der Waals surface area contributed by atoms with Gasteiger partial charge < -0.3 is 16.4 Å². The second kappa shape index (κ2) is 9.03. The summed E-state index contributed by atoms with van der Waals surface area (Å²) in [4.78, 5) is 24.0. The number of H-pyrrole nitrogens is 1. The number of nitrogens with one attached hydrogen (secondary N) is 1. The maximum absolute atomic E-state index is 16.6. The van der Waals surface area contributed by atoms with Crippen LogP contribution >= 0.6 is 22.9 Å². The number of pyridine rings is 1. The summed E-state index contributed by atoms with van der Waals surface area (Å²) < 4.78 is 31.3. The van der Waals surface area contributed by atoms with E-state index in [2.05, 4.69) is 20.2 Å². The van der Waals surface area contributed by atoms with Crippen LogP contribution in [0.15, 0.2) is 42.9 Å². The van der Waals surface area contributed by atoms with Gasteiger partial charge in [0.15, 0.2) is 5.13 Å². The van der Waals surface area contributed by atoms with Gasteiger partial charge in [-0.2, -0.15) is 5.10 Å². The summed E-state index contributed by atoms with van der Waals surface area (Å²) in [6, 6.07) is 5.80. The zero-order valence-corrected chi connectivity index (χ0v) is 21.5. The average Bonchev–Trinajstić information content (AvgIpc) is 3.56. The molecule has 1 atom stereocenters. The Balaban J connectivity index is 1.59. The van der Waals surface area contributed by atoms with Crippen molar-refractivity contribution in [1.82, 2.24) is 25.1 Å². The number of fused-ring (bicyclic) bond motifs is 2. The molecule has 0 saturated heterocycles. The van der Waals surface area contributed by atoms with Crippen molar-refractivity contribution in [3.05, 3.63) is 76.2 Å². The number of hydrogen-bond acceptors (Lipinski definition) is 7. The van der Waals surface area contributed by atoms with Crippen LogP contribution in [-0.4, -0.2) is 37.5 Å². The topological polar surface area (TPSA) is 127 Å². The molecule has 0 radical (unpaired) electrons. The second-order valence-electron chi connectivity index (χ2n) is 8.95. The first-order valence-corrected chi connectivity index (χ1v) is 12.9. The van der Waals surface area contributed by atoms with Crippen molar-refractivity contribution in [2.75, 3.05) is 18.0 Å². The Hall–Kier alpha value is -4.09. The molecule has 2 aromatic carbocycles. The minimum Gasteiger partial charge on any atom is -0.383 e. The summed E-state index contributed by atoms with van der Waals surface area (Å²) in [6.07, 6.45) is 4.87. The van der Waals surface area contributed by atoms with E-state index in [1.54, 1.807) is 17.2 Å². The van der Waals surface area contributed by atoms with Gasteiger partial charge in [0.2, 0.25) is 0 Å². The Morgan fingerprint density at radius 2 is 2.00 bits per heavy atom. The van der Waals surface area contributed by atoms with Gasteiger partial charge in [0.05, 0.1) is 33.0 Å². The molecule has 0 aliphatic carbocycles. The van der Waals surface area contributed by atoms with Crippen molar-refractivity contribution < 1.29 is 13.6 Å². The summed E-state index contributed by atoms with van der Waals surface area (Å²) in [5.41, 5.74) is 14.2. The van der Waals surface area contributed by atoms with Crippen LogP contribution in [0.25, 0.3) is 32.5 Å². The fraction of sp³-hybridized carbons (Fsp3) is 0.154. The van der Waals surface area contributed by atoms with Crippen LogP contribution in [-0.2, 0) is 6.42 Å². The van der Waals surface area contributed by atoms with Gasteiger partial charge in [-0.05, 0) is 37.1 Å². The third kappa shape index (κ3) is 3.61. The molecule has 0 bridgehead atoms. The van der Waals surface area contributed by atoms with Gasteiger partial charge in [0, 0.05) is 46.8 Å². The second-order valence-corrected chi connectivity index (χ2v) is 10.4. The number of rotatable bonds is 4. The first-order chi connectivity index (χ1) is 18.3. The predicted molar refractivity (Wildman–Crippen MR) is 144 cm³/mol. The number of anilines is 2. The molecule has 1 aliphatic heterocycles. The third-order valence-corrected chi connectivity index (χ3v) is 8.22. The molecule has 6 rings (SSSR count). The lowest BCUT2D eigenvalue weighted by molar-refractivity contribution is 0.0673. The lowest BCUT2D eigenvalue weighted by atomic mass is 9.86. The summed E-state index contributed by atoms with van der Waals surface area (Å²) in [7, 11) is 0. The molecule has 0 fully saturated rings. The fourth-order valence-electron chi connectivity index (χ4n) is 5.10. The summed E-state index contributed by atoms with van der Waals surface area (Å²) in [5, 5.41) is 6.87. The maximum Gasteiger partial charge on any atom is 0.255 e. The highest BCUT2D eigenvalue weighted by molar-refractivity contribution is 7.22. The number of benzene rings is 2. The fourth-order valence-corrected chi connectivity index (χ4v) is 6.24. The highest BCUT2D eigenvalue weighted by atomic mass is 35.5. The van der Waals surface area contributed by atoms with Crippen molar-refractivity contribution in [3.8, 4) is 22.3 Å². The number of hydrogen-bond donors (Lipinski definition) is 3. The summed E-state index contributed by atoms with van der Waals surface area (Å²) in [5.74, 6) is -1.33. The SMILES string of the molecule is C[C@H](c1cccnc1N)N1CCc2c(Cl)c(-c3ccc(F)c4sc(N)nc34)c(F)c(-c3cn[nH]c3)c2C1=O.